The van der Waals surface area contributed by atoms with E-state index in [1.165, 1.54) is 0 Å². The first-order valence-electron chi connectivity index (χ1n) is 4.92. The Hall–Kier alpha value is -1.86. The van der Waals surface area contributed by atoms with E-state index in [1.54, 1.807) is 11.3 Å². The van der Waals surface area contributed by atoms with Gasteiger partial charge in [0.05, 0.1) is 29.4 Å². The van der Waals surface area contributed by atoms with Gasteiger partial charge in [0, 0.05) is 11.1 Å². The zero-order valence-corrected chi connectivity index (χ0v) is 9.71. The minimum Gasteiger partial charge on any atom is -0.379 e. The van der Waals surface area contributed by atoms with E-state index in [9.17, 15) is 0 Å². The number of hydrogen-bond acceptors (Lipinski definition) is 4. The monoisotopic (exact) mass is 229 g/mol. The van der Waals surface area contributed by atoms with E-state index in [0.717, 1.165) is 16.9 Å². The van der Waals surface area contributed by atoms with Crippen molar-refractivity contribution in [3.8, 4) is 6.07 Å². The summed E-state index contributed by atoms with van der Waals surface area (Å²) in [5, 5.41) is 14.2. The molecule has 1 N–H and O–H groups in total. The molecular formula is C12H11N3S. The largest absolute Gasteiger partial charge is 0.379 e. The van der Waals surface area contributed by atoms with Gasteiger partial charge in [-0.2, -0.15) is 5.26 Å². The first-order valence-corrected chi connectivity index (χ1v) is 5.86. The Kier molecular flexibility index (Phi) is 3.18. The van der Waals surface area contributed by atoms with Crippen molar-refractivity contribution in [1.82, 2.24) is 4.98 Å². The fraction of sp³-hybridized carbons (Fsp3) is 0.167. The van der Waals surface area contributed by atoms with Crippen LogP contribution in [0.1, 0.15) is 16.8 Å². The van der Waals surface area contributed by atoms with Crippen LogP contribution in [0.4, 0.5) is 5.69 Å². The van der Waals surface area contributed by atoms with Gasteiger partial charge < -0.3 is 5.32 Å². The molecule has 0 bridgehead atoms. The number of nitriles is 1. The molecule has 16 heavy (non-hydrogen) atoms. The van der Waals surface area contributed by atoms with Crippen LogP contribution in [-0.4, -0.2) is 4.98 Å². The number of benzene rings is 1. The zero-order chi connectivity index (χ0) is 11.4. The predicted molar refractivity (Wildman–Crippen MR) is 65.3 cm³/mol. The molecule has 80 valence electrons. The van der Waals surface area contributed by atoms with Crippen LogP contribution < -0.4 is 5.32 Å². The lowest BCUT2D eigenvalue weighted by Crippen LogP contribution is -2.01. The van der Waals surface area contributed by atoms with Crippen LogP contribution in [0.15, 0.2) is 29.1 Å². The number of rotatable bonds is 3. The fourth-order valence-corrected chi connectivity index (χ4v) is 2.02. The standard InChI is InChI=1S/C12H11N3S/c1-9-10(5-13)3-2-4-12(9)14-6-11-7-16-8-15-11/h2-4,7-8,14H,6H2,1H3. The smallest absolute Gasteiger partial charge is 0.0995 e. The van der Waals surface area contributed by atoms with E-state index in [4.69, 9.17) is 5.26 Å². The predicted octanol–water partition coefficient (Wildman–Crippen LogP) is 2.94. The van der Waals surface area contributed by atoms with Gasteiger partial charge in [-0.1, -0.05) is 6.07 Å². The molecule has 1 aromatic carbocycles. The highest BCUT2D eigenvalue weighted by Crippen LogP contribution is 2.18. The van der Waals surface area contributed by atoms with E-state index in [1.807, 2.05) is 36.0 Å². The van der Waals surface area contributed by atoms with Gasteiger partial charge >= 0.3 is 0 Å². The summed E-state index contributed by atoms with van der Waals surface area (Å²) < 4.78 is 0. The normalized spacial score (nSPS) is 9.75. The Balaban J connectivity index is 2.13. The number of nitrogens with one attached hydrogen (secondary N) is 1. The van der Waals surface area contributed by atoms with Gasteiger partial charge in [-0.05, 0) is 24.6 Å². The molecule has 0 spiro atoms. The molecule has 2 rings (SSSR count). The first kappa shape index (κ1) is 10.7. The minimum absolute atomic E-state index is 0.694. The van der Waals surface area contributed by atoms with Gasteiger partial charge in [0.1, 0.15) is 0 Å². The Morgan fingerprint density at radius 2 is 2.38 bits per heavy atom. The second-order valence-electron chi connectivity index (χ2n) is 3.42. The van der Waals surface area contributed by atoms with Crippen LogP contribution in [-0.2, 0) is 6.54 Å². The van der Waals surface area contributed by atoms with Crippen LogP contribution in [0, 0.1) is 18.3 Å². The lowest BCUT2D eigenvalue weighted by atomic mass is 10.1. The van der Waals surface area contributed by atoms with E-state index in [0.29, 0.717) is 12.1 Å². The van der Waals surface area contributed by atoms with Gasteiger partial charge in [-0.3, -0.25) is 0 Å². The lowest BCUT2D eigenvalue weighted by Gasteiger charge is -2.08. The average Bonchev–Trinajstić information content (AvgIpc) is 2.81. The maximum atomic E-state index is 8.91. The van der Waals surface area contributed by atoms with Crippen molar-refractivity contribution in [3.05, 3.63) is 45.9 Å². The number of nitrogens with zero attached hydrogens (tertiary/aromatic N) is 2. The molecule has 3 nitrogen and oxygen atoms in total. The summed E-state index contributed by atoms with van der Waals surface area (Å²) >= 11 is 1.58. The molecule has 2 aromatic rings. The average molecular weight is 229 g/mol. The molecule has 0 radical (unpaired) electrons. The Morgan fingerprint density at radius 1 is 1.50 bits per heavy atom. The molecule has 4 heteroatoms. The van der Waals surface area contributed by atoms with E-state index < -0.39 is 0 Å². The van der Waals surface area contributed by atoms with Crippen LogP contribution >= 0.6 is 11.3 Å². The van der Waals surface area contributed by atoms with Gasteiger partial charge in [0.2, 0.25) is 0 Å². The quantitative estimate of drug-likeness (QED) is 0.880. The summed E-state index contributed by atoms with van der Waals surface area (Å²) in [4.78, 5) is 4.19. The van der Waals surface area contributed by atoms with Gasteiger partial charge in [-0.25, -0.2) is 4.98 Å². The zero-order valence-electron chi connectivity index (χ0n) is 8.90. The Bertz CT molecular complexity index is 512. The number of thiazole rings is 1. The lowest BCUT2D eigenvalue weighted by molar-refractivity contribution is 1.07. The van der Waals surface area contributed by atoms with Crippen molar-refractivity contribution in [2.75, 3.05) is 5.32 Å². The highest BCUT2D eigenvalue weighted by Gasteiger charge is 2.03. The highest BCUT2D eigenvalue weighted by atomic mass is 32.1. The first-order chi connectivity index (χ1) is 7.81. The molecule has 1 heterocycles. The molecule has 0 amide bonds. The second-order valence-corrected chi connectivity index (χ2v) is 4.14. The maximum Gasteiger partial charge on any atom is 0.0995 e. The van der Waals surface area contributed by atoms with Crippen molar-refractivity contribution >= 4 is 17.0 Å². The highest BCUT2D eigenvalue weighted by molar-refractivity contribution is 7.07. The van der Waals surface area contributed by atoms with Crippen LogP contribution in [0.25, 0.3) is 0 Å². The second kappa shape index (κ2) is 4.77. The number of anilines is 1. The third kappa shape index (κ3) is 2.20. The molecule has 1 aromatic heterocycles. The van der Waals surface area contributed by atoms with Crippen molar-refractivity contribution in [3.63, 3.8) is 0 Å². The summed E-state index contributed by atoms with van der Waals surface area (Å²) in [6, 6.07) is 7.86. The Labute approximate surface area is 98.4 Å². The summed E-state index contributed by atoms with van der Waals surface area (Å²) in [6.45, 7) is 2.64. The van der Waals surface area contributed by atoms with Crippen LogP contribution in [0.3, 0.4) is 0 Å². The SMILES string of the molecule is Cc1c(C#N)cccc1NCc1cscn1. The molecule has 0 saturated heterocycles. The van der Waals surface area contributed by atoms with Crippen molar-refractivity contribution in [2.24, 2.45) is 0 Å². The van der Waals surface area contributed by atoms with Gasteiger partial charge in [0.25, 0.3) is 0 Å². The van der Waals surface area contributed by atoms with Crippen molar-refractivity contribution in [2.45, 2.75) is 13.5 Å². The Morgan fingerprint density at radius 3 is 3.06 bits per heavy atom. The summed E-state index contributed by atoms with van der Waals surface area (Å²) in [7, 11) is 0. The maximum absolute atomic E-state index is 8.91. The third-order valence-electron chi connectivity index (χ3n) is 2.40. The van der Waals surface area contributed by atoms with Gasteiger partial charge in [0.15, 0.2) is 0 Å². The van der Waals surface area contributed by atoms with E-state index in [2.05, 4.69) is 16.4 Å². The van der Waals surface area contributed by atoms with Crippen LogP contribution in [0.5, 0.6) is 0 Å². The summed E-state index contributed by atoms with van der Waals surface area (Å²) in [5.74, 6) is 0. The molecule has 0 fully saturated rings. The molecule has 0 unspecified atom stereocenters. The summed E-state index contributed by atoms with van der Waals surface area (Å²) in [5.41, 5.74) is 5.53. The van der Waals surface area contributed by atoms with E-state index in [-0.39, 0.29) is 0 Å². The minimum atomic E-state index is 0.694. The topological polar surface area (TPSA) is 48.7 Å². The number of hydrogen-bond donors (Lipinski definition) is 1. The summed E-state index contributed by atoms with van der Waals surface area (Å²) in [6.07, 6.45) is 0. The molecule has 0 aliphatic carbocycles. The third-order valence-corrected chi connectivity index (χ3v) is 3.03. The number of aromatic nitrogens is 1. The molecule has 0 saturated carbocycles. The van der Waals surface area contributed by atoms with Crippen LogP contribution in [0.2, 0.25) is 0 Å². The molecular weight excluding hydrogens is 218 g/mol. The molecule has 0 atom stereocenters. The van der Waals surface area contributed by atoms with Gasteiger partial charge in [-0.15, -0.1) is 11.3 Å². The fourth-order valence-electron chi connectivity index (χ4n) is 1.46. The van der Waals surface area contributed by atoms with E-state index >= 15 is 0 Å². The molecule has 0 aliphatic rings. The van der Waals surface area contributed by atoms with Crippen molar-refractivity contribution in [1.29, 1.82) is 5.26 Å². The molecule has 0 aliphatic heterocycles. The van der Waals surface area contributed by atoms with Crippen molar-refractivity contribution < 1.29 is 0 Å².